The molecular formula is C32H38F3N5O4. The Labute approximate surface area is 255 Å². The fourth-order valence-electron chi connectivity index (χ4n) is 4.93. The van der Waals surface area contributed by atoms with Gasteiger partial charge in [-0.15, -0.1) is 23.4 Å². The Morgan fingerprint density at radius 1 is 1.18 bits per heavy atom. The first-order chi connectivity index (χ1) is 20.9. The van der Waals surface area contributed by atoms with Crippen molar-refractivity contribution in [3.05, 3.63) is 78.7 Å². The fraction of sp³-hybridized carbons (Fsp3) is 0.438. The molecule has 1 aliphatic rings. The van der Waals surface area contributed by atoms with Gasteiger partial charge in [0, 0.05) is 12.6 Å². The Kier molecular flexibility index (Phi) is 10.5. The average Bonchev–Trinajstić information content (AvgIpc) is 3.62. The highest BCUT2D eigenvalue weighted by atomic mass is 19.4. The number of rotatable bonds is 12. The molecule has 1 unspecified atom stereocenters. The van der Waals surface area contributed by atoms with E-state index in [1.54, 1.807) is 37.8 Å². The van der Waals surface area contributed by atoms with Crippen molar-refractivity contribution in [3.8, 4) is 11.6 Å². The van der Waals surface area contributed by atoms with Crippen LogP contribution in [0.15, 0.2) is 66.1 Å². The molecule has 9 nitrogen and oxygen atoms in total. The minimum atomic E-state index is -4.77. The van der Waals surface area contributed by atoms with E-state index in [1.165, 1.54) is 0 Å². The molecule has 0 bridgehead atoms. The number of benzene rings is 1. The maximum atomic E-state index is 14.5. The summed E-state index contributed by atoms with van der Waals surface area (Å²) in [5, 5.41) is 10.7. The monoisotopic (exact) mass is 613 g/mol. The van der Waals surface area contributed by atoms with Crippen molar-refractivity contribution in [2.45, 2.75) is 83.4 Å². The maximum Gasteiger partial charge on any atom is 0.420 e. The largest absolute Gasteiger partial charge is 0.444 e. The van der Waals surface area contributed by atoms with Crippen molar-refractivity contribution in [1.82, 2.24) is 15.2 Å². The lowest BCUT2D eigenvalue weighted by molar-refractivity contribution is -0.137. The van der Waals surface area contributed by atoms with Crippen LogP contribution < -0.4 is 10.2 Å². The van der Waals surface area contributed by atoms with E-state index in [1.807, 2.05) is 30.3 Å². The maximum absolute atomic E-state index is 14.5. The topological polar surface area (TPSA) is 103 Å². The normalized spacial score (nSPS) is 16.0. The minimum absolute atomic E-state index is 0.118. The summed E-state index contributed by atoms with van der Waals surface area (Å²) in [5.41, 5.74) is -1.36. The summed E-state index contributed by atoms with van der Waals surface area (Å²) >= 11 is 0. The molecule has 2 aromatic heterocycles. The molecule has 0 spiro atoms. The van der Waals surface area contributed by atoms with Crippen LogP contribution in [0.2, 0.25) is 0 Å². The Bertz CT molecular complexity index is 1440. The third-order valence-corrected chi connectivity index (χ3v) is 6.88. The summed E-state index contributed by atoms with van der Waals surface area (Å²) in [7, 11) is 0. The van der Waals surface area contributed by atoms with E-state index in [-0.39, 0.29) is 41.6 Å². The van der Waals surface area contributed by atoms with Gasteiger partial charge in [-0.3, -0.25) is 5.32 Å². The number of pyridine rings is 1. The Morgan fingerprint density at radius 2 is 1.93 bits per heavy atom. The zero-order valence-electron chi connectivity index (χ0n) is 25.2. The Balaban J connectivity index is 1.78. The first-order valence-electron chi connectivity index (χ1n) is 14.5. The van der Waals surface area contributed by atoms with Crippen LogP contribution in [0.25, 0.3) is 11.6 Å². The highest BCUT2D eigenvalue weighted by molar-refractivity contribution is 5.90. The Morgan fingerprint density at radius 3 is 2.59 bits per heavy atom. The second-order valence-electron chi connectivity index (χ2n) is 11.5. The number of nitrogens with zero attached hydrogens (tertiary/aromatic N) is 4. The molecule has 1 aromatic carbocycles. The molecule has 0 radical (unpaired) electrons. The van der Waals surface area contributed by atoms with E-state index < -0.39 is 29.5 Å². The van der Waals surface area contributed by atoms with Crippen LogP contribution >= 0.6 is 0 Å². The van der Waals surface area contributed by atoms with E-state index >= 15 is 0 Å². The number of aromatic nitrogens is 3. The summed E-state index contributed by atoms with van der Waals surface area (Å²) in [6, 6.07) is 10.2. The van der Waals surface area contributed by atoms with Crippen LogP contribution in [0, 0.1) is 0 Å². The van der Waals surface area contributed by atoms with Crippen LogP contribution in [0.3, 0.4) is 0 Å². The molecular weight excluding hydrogens is 575 g/mol. The molecule has 12 heteroatoms. The lowest BCUT2D eigenvalue weighted by atomic mass is 10.1. The number of amides is 1. The third-order valence-electron chi connectivity index (χ3n) is 6.88. The standard InChI is InChI=1S/C32H38F3N5O4/c1-6-8-17-25(42-20-21-14-10-9-11-15-21)28-38-39-29(43-28)26-24(36-30(41)44-31(3,4)5)19-23(32(33,34)35)27(37-26)40-18-12-16-22(40)13-7-2/h6-7,9-11,14-15,19,22,25H,1-2,8,12-13,16-18,20H2,3-5H3,(H,36,41)/t22-,25?/m1/s1. The quantitative estimate of drug-likeness (QED) is 0.204. The SMILES string of the molecule is C=CCCC(OCc1ccccc1)c1nnc(-c2nc(N3CCC[C@H]3CC=C)c(C(F)(F)F)cc2NC(=O)OC(C)(C)C)o1. The van der Waals surface area contributed by atoms with E-state index in [4.69, 9.17) is 13.9 Å². The van der Waals surface area contributed by atoms with Crippen LogP contribution in [-0.2, 0) is 22.3 Å². The number of hydrogen-bond acceptors (Lipinski definition) is 8. The van der Waals surface area contributed by atoms with Crippen molar-refractivity contribution in [2.24, 2.45) is 0 Å². The summed E-state index contributed by atoms with van der Waals surface area (Å²) < 4.78 is 60.9. The second-order valence-corrected chi connectivity index (χ2v) is 11.5. The van der Waals surface area contributed by atoms with Gasteiger partial charge in [-0.1, -0.05) is 42.5 Å². The van der Waals surface area contributed by atoms with Crippen LogP contribution in [0.5, 0.6) is 0 Å². The molecule has 1 fully saturated rings. The highest BCUT2D eigenvalue weighted by Gasteiger charge is 2.40. The molecule has 1 N–H and O–H groups in total. The van der Waals surface area contributed by atoms with Gasteiger partial charge < -0.3 is 18.8 Å². The molecule has 44 heavy (non-hydrogen) atoms. The van der Waals surface area contributed by atoms with Crippen molar-refractivity contribution < 1.29 is 31.9 Å². The van der Waals surface area contributed by atoms with Gasteiger partial charge in [-0.2, -0.15) is 13.2 Å². The molecule has 1 aliphatic heterocycles. The highest BCUT2D eigenvalue weighted by Crippen LogP contribution is 2.43. The predicted molar refractivity (Wildman–Crippen MR) is 161 cm³/mol. The van der Waals surface area contributed by atoms with Crippen LogP contribution in [0.4, 0.5) is 29.5 Å². The summed E-state index contributed by atoms with van der Waals surface area (Å²) in [6.45, 7) is 13.1. The fourth-order valence-corrected chi connectivity index (χ4v) is 4.93. The van der Waals surface area contributed by atoms with Gasteiger partial charge in [0.25, 0.3) is 5.89 Å². The summed E-state index contributed by atoms with van der Waals surface area (Å²) in [6.07, 6.45) is -0.00516. The number of nitrogens with one attached hydrogen (secondary N) is 1. The lowest BCUT2D eigenvalue weighted by Crippen LogP contribution is -2.32. The van der Waals surface area contributed by atoms with Crippen molar-refractivity contribution in [2.75, 3.05) is 16.8 Å². The first-order valence-corrected chi connectivity index (χ1v) is 14.5. The number of carbonyl (C=O) groups is 1. The second kappa shape index (κ2) is 14.1. The first kappa shape index (κ1) is 32.7. The number of alkyl halides is 3. The number of hydrogen-bond donors (Lipinski definition) is 1. The van der Waals surface area contributed by atoms with E-state index in [9.17, 15) is 18.0 Å². The van der Waals surface area contributed by atoms with Crippen molar-refractivity contribution in [1.29, 1.82) is 0 Å². The molecule has 0 saturated carbocycles. The lowest BCUT2D eigenvalue weighted by Gasteiger charge is -2.28. The van der Waals surface area contributed by atoms with Gasteiger partial charge in [-0.25, -0.2) is 9.78 Å². The number of halogens is 3. The third kappa shape index (κ3) is 8.46. The van der Waals surface area contributed by atoms with Crippen molar-refractivity contribution in [3.63, 3.8) is 0 Å². The molecule has 4 rings (SSSR count). The van der Waals surface area contributed by atoms with Crippen LogP contribution in [-0.4, -0.2) is 39.5 Å². The van der Waals surface area contributed by atoms with Crippen LogP contribution in [0.1, 0.15) is 76.0 Å². The van der Waals surface area contributed by atoms with Gasteiger partial charge in [0.2, 0.25) is 5.89 Å². The summed E-state index contributed by atoms with van der Waals surface area (Å²) in [5.74, 6) is -0.336. The minimum Gasteiger partial charge on any atom is -0.444 e. The molecule has 3 heterocycles. The smallest absolute Gasteiger partial charge is 0.420 e. The van der Waals surface area contributed by atoms with Gasteiger partial charge >= 0.3 is 12.3 Å². The molecule has 1 amide bonds. The summed E-state index contributed by atoms with van der Waals surface area (Å²) in [4.78, 5) is 18.8. The van der Waals surface area contributed by atoms with Crippen molar-refractivity contribution >= 4 is 17.6 Å². The number of anilines is 2. The number of allylic oxidation sites excluding steroid dienone is 1. The van der Waals surface area contributed by atoms with E-state index in [2.05, 4.69) is 33.7 Å². The Hall–Kier alpha value is -4.19. The predicted octanol–water partition coefficient (Wildman–Crippen LogP) is 8.27. The molecule has 236 valence electrons. The van der Waals surface area contributed by atoms with Gasteiger partial charge in [0.05, 0.1) is 12.3 Å². The zero-order chi connectivity index (χ0) is 31.9. The molecule has 0 aliphatic carbocycles. The molecule has 2 atom stereocenters. The van der Waals surface area contributed by atoms with Gasteiger partial charge in [0.1, 0.15) is 23.1 Å². The average molecular weight is 614 g/mol. The van der Waals surface area contributed by atoms with E-state index in [0.29, 0.717) is 38.6 Å². The molecule has 1 saturated heterocycles. The number of ether oxygens (including phenoxy) is 2. The molecule has 3 aromatic rings. The van der Waals surface area contributed by atoms with Gasteiger partial charge in [-0.05, 0) is 64.5 Å². The zero-order valence-corrected chi connectivity index (χ0v) is 25.2. The van der Waals surface area contributed by atoms with Gasteiger partial charge in [0.15, 0.2) is 5.69 Å². The van der Waals surface area contributed by atoms with E-state index in [0.717, 1.165) is 11.6 Å². The number of carbonyl (C=O) groups excluding carboxylic acids is 1.